The fraction of sp³-hybridized carbons (Fsp3) is 0.800. The third-order valence-corrected chi connectivity index (χ3v) is 2.18. The predicted octanol–water partition coefficient (Wildman–Crippen LogP) is 0.0173. The minimum absolute atomic E-state index is 0.0129. The lowest BCUT2D eigenvalue weighted by atomic mass is 10.2. The van der Waals surface area contributed by atoms with E-state index in [-0.39, 0.29) is 17.8 Å². The number of rotatable bonds is 8. The predicted molar refractivity (Wildman–Crippen MR) is 63.4 cm³/mol. The molecule has 0 bridgehead atoms. The van der Waals surface area contributed by atoms with Crippen molar-refractivity contribution in [1.29, 1.82) is 0 Å². The van der Waals surface area contributed by atoms with E-state index in [0.29, 0.717) is 13.0 Å². The molecule has 1 amide bonds. The summed E-state index contributed by atoms with van der Waals surface area (Å²) in [5.74, 6) is 0.260. The largest absolute Gasteiger partial charge is 0.409 e. The van der Waals surface area contributed by atoms with Crippen LogP contribution in [-0.4, -0.2) is 36.1 Å². The molecule has 0 spiro atoms. The molecule has 0 heterocycles. The number of amides is 1. The zero-order valence-electron chi connectivity index (χ0n) is 9.99. The Morgan fingerprint density at radius 2 is 2.19 bits per heavy atom. The van der Waals surface area contributed by atoms with E-state index in [4.69, 9.17) is 10.9 Å². The molecule has 0 radical (unpaired) electrons. The van der Waals surface area contributed by atoms with Crippen LogP contribution in [0.25, 0.3) is 0 Å². The van der Waals surface area contributed by atoms with Crippen LogP contribution in [0, 0.1) is 0 Å². The van der Waals surface area contributed by atoms with Gasteiger partial charge in [0.15, 0.2) is 0 Å². The second-order valence-electron chi connectivity index (χ2n) is 3.62. The Hall–Kier alpha value is -1.30. The van der Waals surface area contributed by atoms with Crippen LogP contribution in [0.4, 0.5) is 0 Å². The molecule has 0 saturated carbocycles. The highest BCUT2D eigenvalue weighted by molar-refractivity contribution is 5.81. The Balaban J connectivity index is 3.48. The van der Waals surface area contributed by atoms with Crippen LogP contribution in [0.1, 0.15) is 33.1 Å². The first-order chi connectivity index (χ1) is 7.61. The van der Waals surface area contributed by atoms with E-state index in [1.807, 2.05) is 13.8 Å². The van der Waals surface area contributed by atoms with Crippen molar-refractivity contribution in [3.63, 3.8) is 0 Å². The second-order valence-corrected chi connectivity index (χ2v) is 3.62. The van der Waals surface area contributed by atoms with E-state index in [9.17, 15) is 4.79 Å². The number of amidine groups is 1. The molecule has 0 aromatic heterocycles. The molecule has 0 aliphatic carbocycles. The topological polar surface area (TPSA) is 99.7 Å². The smallest absolute Gasteiger partial charge is 0.236 e. The van der Waals surface area contributed by atoms with Crippen molar-refractivity contribution in [3.05, 3.63) is 0 Å². The maximum atomic E-state index is 11.3. The molecule has 6 heteroatoms. The summed E-state index contributed by atoms with van der Waals surface area (Å²) in [6.07, 6.45) is 2.30. The van der Waals surface area contributed by atoms with Crippen LogP contribution in [0.5, 0.6) is 0 Å². The molecule has 0 fully saturated rings. The lowest BCUT2D eigenvalue weighted by Gasteiger charge is -2.12. The molecule has 0 aromatic carbocycles. The highest BCUT2D eigenvalue weighted by atomic mass is 16.4. The maximum absolute atomic E-state index is 11.3. The molecule has 0 rings (SSSR count). The van der Waals surface area contributed by atoms with Crippen LogP contribution in [-0.2, 0) is 4.79 Å². The molecule has 0 aliphatic rings. The van der Waals surface area contributed by atoms with Crippen molar-refractivity contribution >= 4 is 11.7 Å². The standard InChI is InChI=1S/C10H22N4O2/c1-3-12-10(15)8(2)13-7-5-4-6-9(11)14-16/h8,13,16H,3-7H2,1-2H3,(H2,11,14)(H,12,15). The Labute approximate surface area is 96.3 Å². The van der Waals surface area contributed by atoms with Crippen LogP contribution in [0.2, 0.25) is 0 Å². The SMILES string of the molecule is CCNC(=O)C(C)NCCCCC(N)=NO. The molecule has 0 aromatic rings. The summed E-state index contributed by atoms with van der Waals surface area (Å²) < 4.78 is 0. The highest BCUT2D eigenvalue weighted by Crippen LogP contribution is 1.94. The van der Waals surface area contributed by atoms with Gasteiger partial charge in [-0.05, 0) is 33.2 Å². The first-order valence-corrected chi connectivity index (χ1v) is 5.59. The summed E-state index contributed by atoms with van der Waals surface area (Å²) in [6, 6.07) is -0.177. The Morgan fingerprint density at radius 3 is 2.75 bits per heavy atom. The van der Waals surface area contributed by atoms with Crippen LogP contribution in [0.3, 0.4) is 0 Å². The van der Waals surface area contributed by atoms with Gasteiger partial charge in [0, 0.05) is 13.0 Å². The number of nitrogens with one attached hydrogen (secondary N) is 2. The second kappa shape index (κ2) is 8.96. The monoisotopic (exact) mass is 230 g/mol. The number of nitrogens with zero attached hydrogens (tertiary/aromatic N) is 1. The fourth-order valence-corrected chi connectivity index (χ4v) is 1.22. The van der Waals surface area contributed by atoms with Gasteiger partial charge in [0.05, 0.1) is 6.04 Å². The lowest BCUT2D eigenvalue weighted by molar-refractivity contribution is -0.122. The Morgan fingerprint density at radius 1 is 1.50 bits per heavy atom. The van der Waals surface area contributed by atoms with E-state index in [0.717, 1.165) is 19.4 Å². The zero-order valence-corrected chi connectivity index (χ0v) is 9.99. The lowest BCUT2D eigenvalue weighted by Crippen LogP contribution is -2.42. The van der Waals surface area contributed by atoms with E-state index < -0.39 is 0 Å². The van der Waals surface area contributed by atoms with Crippen LogP contribution < -0.4 is 16.4 Å². The van der Waals surface area contributed by atoms with Gasteiger partial charge in [-0.3, -0.25) is 4.79 Å². The molecule has 0 saturated heterocycles. The van der Waals surface area contributed by atoms with Crippen molar-refractivity contribution in [2.45, 2.75) is 39.2 Å². The van der Waals surface area contributed by atoms with Gasteiger partial charge in [-0.25, -0.2) is 0 Å². The quantitative estimate of drug-likeness (QED) is 0.155. The number of carbonyl (C=O) groups excluding carboxylic acids is 1. The van der Waals surface area contributed by atoms with Crippen molar-refractivity contribution in [2.24, 2.45) is 10.9 Å². The third-order valence-electron chi connectivity index (χ3n) is 2.18. The summed E-state index contributed by atoms with van der Waals surface area (Å²) >= 11 is 0. The average Bonchev–Trinajstić information content (AvgIpc) is 2.28. The number of oxime groups is 1. The van der Waals surface area contributed by atoms with E-state index in [2.05, 4.69) is 15.8 Å². The van der Waals surface area contributed by atoms with E-state index >= 15 is 0 Å². The summed E-state index contributed by atoms with van der Waals surface area (Å²) in [5.41, 5.74) is 5.32. The number of hydrogen-bond acceptors (Lipinski definition) is 4. The van der Waals surface area contributed by atoms with Crippen LogP contribution >= 0.6 is 0 Å². The summed E-state index contributed by atoms with van der Waals surface area (Å²) in [7, 11) is 0. The molecule has 5 N–H and O–H groups in total. The first-order valence-electron chi connectivity index (χ1n) is 5.59. The molecule has 1 unspecified atom stereocenters. The summed E-state index contributed by atoms with van der Waals surface area (Å²) in [5, 5.41) is 17.0. The van der Waals surface area contributed by atoms with Gasteiger partial charge in [0.2, 0.25) is 5.91 Å². The average molecular weight is 230 g/mol. The van der Waals surface area contributed by atoms with Crippen molar-refractivity contribution in [3.8, 4) is 0 Å². The molecular formula is C10H22N4O2. The van der Waals surface area contributed by atoms with Crippen LogP contribution in [0.15, 0.2) is 5.16 Å². The molecule has 1 atom stereocenters. The minimum Gasteiger partial charge on any atom is -0.409 e. The van der Waals surface area contributed by atoms with Crippen molar-refractivity contribution in [2.75, 3.05) is 13.1 Å². The van der Waals surface area contributed by atoms with Gasteiger partial charge in [-0.1, -0.05) is 5.16 Å². The Kier molecular flexibility index (Phi) is 8.24. The van der Waals surface area contributed by atoms with Gasteiger partial charge in [0.25, 0.3) is 0 Å². The highest BCUT2D eigenvalue weighted by Gasteiger charge is 2.09. The normalized spacial score (nSPS) is 13.5. The number of carbonyl (C=O) groups is 1. The molecule has 16 heavy (non-hydrogen) atoms. The van der Waals surface area contributed by atoms with Gasteiger partial charge < -0.3 is 21.6 Å². The molecule has 94 valence electrons. The fourth-order valence-electron chi connectivity index (χ4n) is 1.22. The number of hydrogen-bond donors (Lipinski definition) is 4. The summed E-state index contributed by atoms with van der Waals surface area (Å²) in [6.45, 7) is 5.11. The van der Waals surface area contributed by atoms with Gasteiger partial charge in [-0.15, -0.1) is 0 Å². The van der Waals surface area contributed by atoms with Gasteiger partial charge in [0.1, 0.15) is 5.84 Å². The first kappa shape index (κ1) is 14.7. The minimum atomic E-state index is -0.177. The van der Waals surface area contributed by atoms with Crippen molar-refractivity contribution in [1.82, 2.24) is 10.6 Å². The third kappa shape index (κ3) is 7.05. The summed E-state index contributed by atoms with van der Waals surface area (Å²) in [4.78, 5) is 11.3. The van der Waals surface area contributed by atoms with E-state index in [1.54, 1.807) is 0 Å². The molecule has 6 nitrogen and oxygen atoms in total. The Bertz CT molecular complexity index is 231. The van der Waals surface area contributed by atoms with E-state index in [1.165, 1.54) is 0 Å². The molecular weight excluding hydrogens is 208 g/mol. The van der Waals surface area contributed by atoms with Gasteiger partial charge in [-0.2, -0.15) is 0 Å². The number of nitrogens with two attached hydrogens (primary N) is 1. The number of likely N-dealkylation sites (N-methyl/N-ethyl adjacent to an activating group) is 1. The molecule has 0 aliphatic heterocycles. The zero-order chi connectivity index (χ0) is 12.4. The number of unbranched alkanes of at least 4 members (excludes halogenated alkanes) is 1. The van der Waals surface area contributed by atoms with Crippen molar-refractivity contribution < 1.29 is 10.0 Å². The van der Waals surface area contributed by atoms with Gasteiger partial charge >= 0.3 is 0 Å². The maximum Gasteiger partial charge on any atom is 0.236 e.